The van der Waals surface area contributed by atoms with Gasteiger partial charge in [-0.3, -0.25) is 4.79 Å². The maximum Gasteiger partial charge on any atom is 0.231 e. The lowest BCUT2D eigenvalue weighted by Crippen LogP contribution is -2.32. The highest BCUT2D eigenvalue weighted by Crippen LogP contribution is 2.30. The lowest BCUT2D eigenvalue weighted by molar-refractivity contribution is -0.117. The van der Waals surface area contributed by atoms with Crippen molar-refractivity contribution in [2.75, 3.05) is 37.0 Å². The second kappa shape index (κ2) is 5.61. The molecule has 0 unspecified atom stereocenters. The molecule has 4 heteroatoms. The van der Waals surface area contributed by atoms with Gasteiger partial charge in [0.05, 0.1) is 6.42 Å². The summed E-state index contributed by atoms with van der Waals surface area (Å²) in [6.07, 6.45) is 0.526. The number of likely N-dealkylation sites (N-methyl/N-ethyl adjacent to an activating group) is 2. The fourth-order valence-electron chi connectivity index (χ4n) is 2.34. The summed E-state index contributed by atoms with van der Waals surface area (Å²) in [5.41, 5.74) is 3.35. The Morgan fingerprint density at radius 2 is 2.16 bits per heavy atom. The highest BCUT2D eigenvalue weighted by molar-refractivity contribution is 6.01. The number of anilines is 2. The van der Waals surface area contributed by atoms with Crippen LogP contribution in [0.25, 0.3) is 0 Å². The molecule has 0 aromatic heterocycles. The maximum absolute atomic E-state index is 11.7. The second-order valence-electron chi connectivity index (χ2n) is 5.47. The predicted octanol–water partition coefficient (Wildman–Crippen LogP) is 1.64. The number of carbonyl (C=O) groups excluding carboxylic acids is 1. The molecule has 1 aromatic carbocycles. The van der Waals surface area contributed by atoms with Gasteiger partial charge in [-0.05, 0) is 23.8 Å². The average molecular weight is 261 g/mol. The molecule has 1 amide bonds. The Morgan fingerprint density at radius 3 is 2.84 bits per heavy atom. The van der Waals surface area contributed by atoms with Gasteiger partial charge >= 0.3 is 0 Å². The summed E-state index contributed by atoms with van der Waals surface area (Å²) in [6, 6.07) is 6.77. The molecule has 0 radical (unpaired) electrons. The summed E-state index contributed by atoms with van der Waals surface area (Å²) in [7, 11) is 3.92. The third kappa shape index (κ3) is 3.07. The number of benzene rings is 1. The average Bonchev–Trinajstić information content (AvgIpc) is 2.64. The Morgan fingerprint density at radius 1 is 1.42 bits per heavy atom. The van der Waals surface area contributed by atoms with Gasteiger partial charge in [0, 0.05) is 44.6 Å². The van der Waals surface area contributed by atoms with Gasteiger partial charge in [0.2, 0.25) is 5.91 Å². The van der Waals surface area contributed by atoms with Gasteiger partial charge in [-0.25, -0.2) is 0 Å². The monoisotopic (exact) mass is 261 g/mol. The molecule has 0 spiro atoms. The summed E-state index contributed by atoms with van der Waals surface area (Å²) in [5, 5.41) is 3.41. The van der Waals surface area contributed by atoms with E-state index in [1.54, 1.807) is 4.90 Å². The molecule has 0 atom stereocenters. The van der Waals surface area contributed by atoms with E-state index in [0.29, 0.717) is 12.5 Å². The zero-order valence-electron chi connectivity index (χ0n) is 12.2. The molecule has 2 rings (SSSR count). The second-order valence-corrected chi connectivity index (χ2v) is 5.47. The summed E-state index contributed by atoms with van der Waals surface area (Å²) in [4.78, 5) is 15.6. The largest absolute Gasteiger partial charge is 0.373 e. The van der Waals surface area contributed by atoms with Gasteiger partial charge in [-0.1, -0.05) is 13.8 Å². The number of hydrogen-bond donors (Lipinski definition) is 1. The molecule has 1 aliphatic heterocycles. The zero-order valence-corrected chi connectivity index (χ0v) is 12.2. The van der Waals surface area contributed by atoms with E-state index in [0.717, 1.165) is 24.3 Å². The number of fused-ring (bicyclic) bond motifs is 1. The van der Waals surface area contributed by atoms with Gasteiger partial charge in [-0.2, -0.15) is 0 Å². The minimum atomic E-state index is 0.177. The van der Waals surface area contributed by atoms with Crippen molar-refractivity contribution in [2.45, 2.75) is 26.3 Å². The third-order valence-corrected chi connectivity index (χ3v) is 3.58. The van der Waals surface area contributed by atoms with Crippen LogP contribution >= 0.6 is 0 Å². The molecule has 1 N–H and O–H groups in total. The van der Waals surface area contributed by atoms with E-state index in [9.17, 15) is 4.79 Å². The normalized spacial score (nSPS) is 14.2. The van der Waals surface area contributed by atoms with Crippen LogP contribution in [-0.4, -0.2) is 39.1 Å². The van der Waals surface area contributed by atoms with Crippen LogP contribution in [0.5, 0.6) is 0 Å². The van der Waals surface area contributed by atoms with Gasteiger partial charge in [-0.15, -0.1) is 0 Å². The first-order chi connectivity index (χ1) is 8.99. The number of nitrogens with zero attached hydrogens (tertiary/aromatic N) is 2. The standard InChI is InChI=1S/C15H23N3O/c1-11(2)16-7-8-17(3)13-5-6-14-12(9-13)10-15(19)18(14)4/h5-6,9,11,16H,7-8,10H2,1-4H3. The first-order valence-electron chi connectivity index (χ1n) is 6.83. The minimum absolute atomic E-state index is 0.177. The molecule has 104 valence electrons. The Balaban J connectivity index is 2.02. The van der Waals surface area contributed by atoms with Crippen molar-refractivity contribution < 1.29 is 4.79 Å². The summed E-state index contributed by atoms with van der Waals surface area (Å²) in [5.74, 6) is 0.177. The predicted molar refractivity (Wildman–Crippen MR) is 80.0 cm³/mol. The molecule has 0 fully saturated rings. The van der Waals surface area contributed by atoms with Crippen molar-refractivity contribution in [1.29, 1.82) is 0 Å². The summed E-state index contributed by atoms with van der Waals surface area (Å²) in [6.45, 7) is 6.22. The number of carbonyl (C=O) groups is 1. The van der Waals surface area contributed by atoms with Crippen LogP contribution in [0.1, 0.15) is 19.4 Å². The van der Waals surface area contributed by atoms with E-state index >= 15 is 0 Å². The van der Waals surface area contributed by atoms with E-state index in [2.05, 4.69) is 43.2 Å². The molecule has 4 nitrogen and oxygen atoms in total. The lowest BCUT2D eigenvalue weighted by atomic mass is 10.1. The van der Waals surface area contributed by atoms with Crippen molar-refractivity contribution in [3.8, 4) is 0 Å². The lowest BCUT2D eigenvalue weighted by Gasteiger charge is -2.21. The number of rotatable bonds is 5. The molecule has 0 bridgehead atoms. The molecule has 0 saturated heterocycles. The number of hydrogen-bond acceptors (Lipinski definition) is 3. The van der Waals surface area contributed by atoms with E-state index in [-0.39, 0.29) is 5.91 Å². The van der Waals surface area contributed by atoms with Gasteiger partial charge < -0.3 is 15.1 Å². The first-order valence-corrected chi connectivity index (χ1v) is 6.83. The number of amides is 1. The molecule has 1 aromatic rings. The van der Waals surface area contributed by atoms with Crippen LogP contribution in [0.15, 0.2) is 18.2 Å². The molecule has 19 heavy (non-hydrogen) atoms. The van der Waals surface area contributed by atoms with Gasteiger partial charge in [0.1, 0.15) is 0 Å². The molecule has 0 aliphatic carbocycles. The Bertz CT molecular complexity index is 470. The fraction of sp³-hybridized carbons (Fsp3) is 0.533. The topological polar surface area (TPSA) is 35.6 Å². The first kappa shape index (κ1) is 13.9. The molecular formula is C15H23N3O. The van der Waals surface area contributed by atoms with E-state index in [1.165, 1.54) is 5.69 Å². The maximum atomic E-state index is 11.7. The SMILES string of the molecule is CC(C)NCCN(C)c1ccc2c(c1)CC(=O)N2C. The highest BCUT2D eigenvalue weighted by atomic mass is 16.2. The fourth-order valence-corrected chi connectivity index (χ4v) is 2.34. The molecule has 1 heterocycles. The van der Waals surface area contributed by atoms with Crippen molar-refractivity contribution in [2.24, 2.45) is 0 Å². The molecule has 1 aliphatic rings. The van der Waals surface area contributed by atoms with Crippen molar-refractivity contribution in [3.63, 3.8) is 0 Å². The Kier molecular flexibility index (Phi) is 4.10. The van der Waals surface area contributed by atoms with Crippen molar-refractivity contribution >= 4 is 17.3 Å². The Hall–Kier alpha value is -1.55. The highest BCUT2D eigenvalue weighted by Gasteiger charge is 2.24. The van der Waals surface area contributed by atoms with E-state index in [4.69, 9.17) is 0 Å². The van der Waals surface area contributed by atoms with E-state index < -0.39 is 0 Å². The third-order valence-electron chi connectivity index (χ3n) is 3.58. The van der Waals surface area contributed by atoms with Crippen LogP contribution in [0.3, 0.4) is 0 Å². The molecule has 0 saturated carbocycles. The van der Waals surface area contributed by atoms with Crippen LogP contribution in [-0.2, 0) is 11.2 Å². The van der Waals surface area contributed by atoms with E-state index in [1.807, 2.05) is 13.1 Å². The molecular weight excluding hydrogens is 238 g/mol. The van der Waals surface area contributed by atoms with Gasteiger partial charge in [0.25, 0.3) is 0 Å². The van der Waals surface area contributed by atoms with Gasteiger partial charge in [0.15, 0.2) is 0 Å². The van der Waals surface area contributed by atoms with Crippen LogP contribution in [0.2, 0.25) is 0 Å². The minimum Gasteiger partial charge on any atom is -0.373 e. The van der Waals surface area contributed by atoms with Crippen molar-refractivity contribution in [1.82, 2.24) is 5.32 Å². The van der Waals surface area contributed by atoms with Crippen LogP contribution < -0.4 is 15.1 Å². The van der Waals surface area contributed by atoms with Crippen LogP contribution in [0, 0.1) is 0 Å². The Labute approximate surface area is 115 Å². The zero-order chi connectivity index (χ0) is 14.0. The van der Waals surface area contributed by atoms with Crippen LogP contribution in [0.4, 0.5) is 11.4 Å². The quantitative estimate of drug-likeness (QED) is 0.875. The summed E-state index contributed by atoms with van der Waals surface area (Å²) < 4.78 is 0. The van der Waals surface area contributed by atoms with Crippen molar-refractivity contribution in [3.05, 3.63) is 23.8 Å². The number of nitrogens with one attached hydrogen (secondary N) is 1. The smallest absolute Gasteiger partial charge is 0.231 e. The summed E-state index contributed by atoms with van der Waals surface area (Å²) >= 11 is 0.